The summed E-state index contributed by atoms with van der Waals surface area (Å²) in [5.74, 6) is -0.163. The molecule has 5 nitrogen and oxygen atoms in total. The van der Waals surface area contributed by atoms with Crippen LogP contribution in [0.25, 0.3) is 5.57 Å². The lowest BCUT2D eigenvalue weighted by Crippen LogP contribution is -2.32. The molecule has 150 valence electrons. The van der Waals surface area contributed by atoms with Crippen LogP contribution in [0.4, 0.5) is 11.4 Å². The second-order valence-corrected chi connectivity index (χ2v) is 7.23. The first-order chi connectivity index (χ1) is 14.5. The topological polar surface area (TPSA) is 58.6 Å². The predicted octanol–water partition coefficient (Wildman–Crippen LogP) is 4.71. The van der Waals surface area contributed by atoms with Gasteiger partial charge in [-0.3, -0.25) is 9.59 Å². The van der Waals surface area contributed by atoms with Crippen molar-refractivity contribution < 1.29 is 14.3 Å². The summed E-state index contributed by atoms with van der Waals surface area (Å²) < 4.78 is 5.45. The van der Waals surface area contributed by atoms with E-state index in [1.54, 1.807) is 31.4 Å². The number of nitrogens with zero attached hydrogens (tertiary/aromatic N) is 1. The number of imide groups is 1. The summed E-state index contributed by atoms with van der Waals surface area (Å²) >= 11 is 0. The largest absolute Gasteiger partial charge is 0.495 e. The van der Waals surface area contributed by atoms with Crippen LogP contribution >= 0.6 is 0 Å². The molecule has 0 unspecified atom stereocenters. The van der Waals surface area contributed by atoms with Gasteiger partial charge in [-0.05, 0) is 49.2 Å². The molecule has 0 fully saturated rings. The minimum atomic E-state index is -0.398. The van der Waals surface area contributed by atoms with Crippen LogP contribution in [0.1, 0.15) is 16.7 Å². The van der Waals surface area contributed by atoms with Gasteiger partial charge in [0.1, 0.15) is 11.4 Å². The van der Waals surface area contributed by atoms with Gasteiger partial charge in [0.25, 0.3) is 11.8 Å². The number of amides is 2. The Kier molecular flexibility index (Phi) is 5.11. The lowest BCUT2D eigenvalue weighted by Gasteiger charge is -2.16. The van der Waals surface area contributed by atoms with E-state index in [1.807, 2.05) is 62.4 Å². The third kappa shape index (κ3) is 3.46. The fourth-order valence-electron chi connectivity index (χ4n) is 3.50. The van der Waals surface area contributed by atoms with Crippen molar-refractivity contribution in [3.05, 3.63) is 95.2 Å². The van der Waals surface area contributed by atoms with E-state index in [2.05, 4.69) is 5.32 Å². The quantitative estimate of drug-likeness (QED) is 0.633. The Morgan fingerprint density at radius 2 is 1.47 bits per heavy atom. The van der Waals surface area contributed by atoms with Crippen molar-refractivity contribution >= 4 is 28.8 Å². The lowest BCUT2D eigenvalue weighted by atomic mass is 10.0. The van der Waals surface area contributed by atoms with Gasteiger partial charge >= 0.3 is 0 Å². The van der Waals surface area contributed by atoms with Gasteiger partial charge in [-0.15, -0.1) is 0 Å². The van der Waals surface area contributed by atoms with Gasteiger partial charge < -0.3 is 10.1 Å². The molecule has 1 aliphatic rings. The molecule has 0 saturated carbocycles. The lowest BCUT2D eigenvalue weighted by molar-refractivity contribution is -0.120. The van der Waals surface area contributed by atoms with Crippen LogP contribution in [0.3, 0.4) is 0 Å². The van der Waals surface area contributed by atoms with Crippen molar-refractivity contribution in [3.63, 3.8) is 0 Å². The number of para-hydroxylation sites is 1. The van der Waals surface area contributed by atoms with Crippen LogP contribution in [-0.4, -0.2) is 18.9 Å². The van der Waals surface area contributed by atoms with Crippen molar-refractivity contribution in [1.82, 2.24) is 0 Å². The molecule has 30 heavy (non-hydrogen) atoms. The van der Waals surface area contributed by atoms with Crippen molar-refractivity contribution in [3.8, 4) is 5.75 Å². The van der Waals surface area contributed by atoms with Crippen molar-refractivity contribution in [1.29, 1.82) is 0 Å². The first kappa shape index (κ1) is 19.5. The van der Waals surface area contributed by atoms with E-state index in [9.17, 15) is 9.59 Å². The van der Waals surface area contributed by atoms with E-state index in [0.29, 0.717) is 28.3 Å². The second-order valence-electron chi connectivity index (χ2n) is 7.23. The third-order valence-electron chi connectivity index (χ3n) is 5.05. The van der Waals surface area contributed by atoms with Crippen molar-refractivity contribution in [2.24, 2.45) is 0 Å². The number of anilines is 2. The SMILES string of the molecule is COc1ccc(C)cc1NC1=C(c2ccc(C)cc2)C(=O)N(c2ccccc2)C1=O. The highest BCUT2D eigenvalue weighted by Gasteiger charge is 2.40. The van der Waals surface area contributed by atoms with E-state index in [4.69, 9.17) is 4.74 Å². The van der Waals surface area contributed by atoms with E-state index in [0.717, 1.165) is 11.1 Å². The van der Waals surface area contributed by atoms with E-state index >= 15 is 0 Å². The van der Waals surface area contributed by atoms with Gasteiger partial charge in [-0.25, -0.2) is 4.90 Å². The number of aryl methyl sites for hydroxylation is 2. The van der Waals surface area contributed by atoms with Crippen LogP contribution in [0.15, 0.2) is 78.5 Å². The fraction of sp³-hybridized carbons (Fsp3) is 0.120. The van der Waals surface area contributed by atoms with Gasteiger partial charge in [0.15, 0.2) is 0 Å². The zero-order valence-corrected chi connectivity index (χ0v) is 17.1. The summed E-state index contributed by atoms with van der Waals surface area (Å²) in [5.41, 5.74) is 4.51. The first-order valence-corrected chi connectivity index (χ1v) is 9.66. The van der Waals surface area contributed by atoms with E-state index < -0.39 is 5.91 Å². The summed E-state index contributed by atoms with van der Waals surface area (Å²) in [4.78, 5) is 28.0. The molecule has 1 heterocycles. The molecule has 0 radical (unpaired) electrons. The molecule has 1 N–H and O–H groups in total. The van der Waals surface area contributed by atoms with Crippen molar-refractivity contribution in [2.45, 2.75) is 13.8 Å². The molecule has 0 aromatic heterocycles. The Labute approximate surface area is 175 Å². The van der Waals surface area contributed by atoms with Gasteiger partial charge in [0, 0.05) is 0 Å². The van der Waals surface area contributed by atoms with Crippen LogP contribution in [0.2, 0.25) is 0 Å². The molecule has 5 heteroatoms. The summed E-state index contributed by atoms with van der Waals surface area (Å²) in [5, 5.41) is 3.19. The van der Waals surface area contributed by atoms with Crippen LogP contribution < -0.4 is 15.0 Å². The predicted molar refractivity (Wildman–Crippen MR) is 118 cm³/mol. The average Bonchev–Trinajstić information content (AvgIpc) is 2.99. The minimum Gasteiger partial charge on any atom is -0.495 e. The molecule has 0 spiro atoms. The number of nitrogens with one attached hydrogen (secondary N) is 1. The zero-order valence-electron chi connectivity index (χ0n) is 17.1. The molecule has 4 rings (SSSR count). The molecular formula is C25H22N2O3. The molecule has 3 aromatic carbocycles. The maximum atomic E-state index is 13.4. The van der Waals surface area contributed by atoms with Crippen LogP contribution in [-0.2, 0) is 9.59 Å². The molecule has 0 atom stereocenters. The molecule has 0 saturated heterocycles. The minimum absolute atomic E-state index is 0.233. The Hall–Kier alpha value is -3.86. The first-order valence-electron chi connectivity index (χ1n) is 9.66. The Morgan fingerprint density at radius 1 is 0.800 bits per heavy atom. The molecular weight excluding hydrogens is 376 g/mol. The normalized spacial score (nSPS) is 13.8. The number of hydrogen-bond acceptors (Lipinski definition) is 4. The third-order valence-corrected chi connectivity index (χ3v) is 5.05. The second kappa shape index (κ2) is 7.87. The number of ether oxygens (including phenoxy) is 1. The molecule has 2 amide bonds. The number of hydrogen-bond donors (Lipinski definition) is 1. The summed E-state index contributed by atoms with van der Waals surface area (Å²) in [6.45, 7) is 3.94. The molecule has 0 bridgehead atoms. The highest BCUT2D eigenvalue weighted by molar-refractivity contribution is 6.46. The average molecular weight is 398 g/mol. The summed E-state index contributed by atoms with van der Waals surface area (Å²) in [7, 11) is 1.57. The molecule has 0 aliphatic carbocycles. The van der Waals surface area contributed by atoms with Gasteiger partial charge in [0.2, 0.25) is 0 Å². The number of rotatable bonds is 5. The summed E-state index contributed by atoms with van der Waals surface area (Å²) in [6, 6.07) is 22.2. The summed E-state index contributed by atoms with van der Waals surface area (Å²) in [6.07, 6.45) is 0. The number of carbonyl (C=O) groups excluding carboxylic acids is 2. The van der Waals surface area contributed by atoms with Gasteiger partial charge in [-0.1, -0.05) is 54.1 Å². The smallest absolute Gasteiger partial charge is 0.282 e. The van der Waals surface area contributed by atoms with Gasteiger partial charge in [-0.2, -0.15) is 0 Å². The van der Waals surface area contributed by atoms with E-state index in [-0.39, 0.29) is 11.6 Å². The maximum absolute atomic E-state index is 13.4. The Balaban J connectivity index is 1.85. The number of benzene rings is 3. The standard InChI is InChI=1S/C25H22N2O3/c1-16-9-12-18(13-10-16)22-23(26-20-15-17(2)11-14-21(20)30-3)25(29)27(24(22)28)19-7-5-4-6-8-19/h4-15,26H,1-3H3. The fourth-order valence-corrected chi connectivity index (χ4v) is 3.50. The van der Waals surface area contributed by atoms with Gasteiger partial charge in [0.05, 0.1) is 24.1 Å². The Bertz CT molecular complexity index is 1150. The maximum Gasteiger partial charge on any atom is 0.282 e. The number of carbonyl (C=O) groups is 2. The highest BCUT2D eigenvalue weighted by Crippen LogP contribution is 2.36. The molecule has 1 aliphatic heterocycles. The number of methoxy groups -OCH3 is 1. The Morgan fingerprint density at radius 3 is 2.13 bits per heavy atom. The monoisotopic (exact) mass is 398 g/mol. The van der Waals surface area contributed by atoms with E-state index in [1.165, 1.54) is 4.90 Å². The zero-order chi connectivity index (χ0) is 21.3. The van der Waals surface area contributed by atoms with Crippen LogP contribution in [0, 0.1) is 13.8 Å². The van der Waals surface area contributed by atoms with Crippen LogP contribution in [0.5, 0.6) is 5.75 Å². The highest BCUT2D eigenvalue weighted by atomic mass is 16.5. The molecule has 3 aromatic rings. The van der Waals surface area contributed by atoms with Crippen molar-refractivity contribution in [2.75, 3.05) is 17.3 Å².